The standard InChI is InChI=1S/C15H18O9/c1-20-12(16)10(13(17)21-2)9(8-6-5-7-24-8)11(14(18)22-3)15(19)23-4/h5-7,9-11H,1-4H3. The molecule has 1 heterocycles. The fraction of sp³-hybridized carbons (Fsp3) is 0.467. The molecule has 0 radical (unpaired) electrons. The number of rotatable bonds is 7. The number of carbonyl (C=O) groups is 4. The lowest BCUT2D eigenvalue weighted by molar-refractivity contribution is -0.166. The Morgan fingerprint density at radius 2 is 1.17 bits per heavy atom. The Bertz CT molecular complexity index is 522. The largest absolute Gasteiger partial charge is 0.469 e. The molecule has 0 spiro atoms. The van der Waals surface area contributed by atoms with Crippen LogP contribution in [0.5, 0.6) is 0 Å². The first-order valence-electron chi connectivity index (χ1n) is 6.77. The van der Waals surface area contributed by atoms with Gasteiger partial charge in [-0.15, -0.1) is 0 Å². The summed E-state index contributed by atoms with van der Waals surface area (Å²) in [5, 5.41) is 0. The molecule has 1 aromatic rings. The average molecular weight is 342 g/mol. The van der Waals surface area contributed by atoms with Crippen LogP contribution in [0.25, 0.3) is 0 Å². The highest BCUT2D eigenvalue weighted by Gasteiger charge is 2.50. The zero-order chi connectivity index (χ0) is 18.3. The quantitative estimate of drug-likeness (QED) is 0.391. The van der Waals surface area contributed by atoms with E-state index in [1.165, 1.54) is 18.4 Å². The van der Waals surface area contributed by atoms with Crippen molar-refractivity contribution in [3.8, 4) is 0 Å². The molecule has 0 aliphatic heterocycles. The number of hydrogen-bond donors (Lipinski definition) is 0. The first kappa shape index (κ1) is 19.2. The van der Waals surface area contributed by atoms with Gasteiger partial charge in [-0.05, 0) is 12.1 Å². The molecule has 24 heavy (non-hydrogen) atoms. The van der Waals surface area contributed by atoms with Crippen molar-refractivity contribution in [2.75, 3.05) is 28.4 Å². The van der Waals surface area contributed by atoms with Crippen molar-refractivity contribution in [2.45, 2.75) is 5.92 Å². The highest BCUT2D eigenvalue weighted by molar-refractivity contribution is 6.01. The minimum atomic E-state index is -1.63. The lowest BCUT2D eigenvalue weighted by Crippen LogP contribution is -2.42. The maximum absolute atomic E-state index is 12.1. The maximum Gasteiger partial charge on any atom is 0.320 e. The predicted octanol–water partition coefficient (Wildman–Crippen LogP) is 0.288. The molecule has 9 heteroatoms. The van der Waals surface area contributed by atoms with E-state index in [-0.39, 0.29) is 5.76 Å². The van der Waals surface area contributed by atoms with Crippen LogP contribution in [0.2, 0.25) is 0 Å². The molecule has 0 saturated carbocycles. The van der Waals surface area contributed by atoms with E-state index < -0.39 is 41.6 Å². The van der Waals surface area contributed by atoms with E-state index in [0.717, 1.165) is 28.4 Å². The second kappa shape index (κ2) is 8.70. The number of furan rings is 1. The average Bonchev–Trinajstić information content (AvgIpc) is 3.13. The maximum atomic E-state index is 12.1. The summed E-state index contributed by atoms with van der Waals surface area (Å²) in [7, 11) is 4.23. The summed E-state index contributed by atoms with van der Waals surface area (Å²) in [6.07, 6.45) is 1.26. The van der Waals surface area contributed by atoms with Crippen molar-refractivity contribution in [2.24, 2.45) is 11.8 Å². The molecule has 9 nitrogen and oxygen atoms in total. The Labute approximate surface area is 137 Å². The van der Waals surface area contributed by atoms with Gasteiger partial charge < -0.3 is 23.4 Å². The van der Waals surface area contributed by atoms with E-state index in [1.54, 1.807) is 0 Å². The molecule has 0 saturated heterocycles. The molecule has 0 aliphatic rings. The third-order valence-electron chi connectivity index (χ3n) is 3.41. The van der Waals surface area contributed by atoms with Gasteiger partial charge in [0.1, 0.15) is 5.76 Å². The predicted molar refractivity (Wildman–Crippen MR) is 76.5 cm³/mol. The molecule has 0 aliphatic carbocycles. The first-order chi connectivity index (χ1) is 11.4. The van der Waals surface area contributed by atoms with Crippen LogP contribution in [0.1, 0.15) is 11.7 Å². The topological polar surface area (TPSA) is 118 Å². The highest BCUT2D eigenvalue weighted by atomic mass is 16.6. The zero-order valence-electron chi connectivity index (χ0n) is 13.6. The van der Waals surface area contributed by atoms with E-state index in [9.17, 15) is 19.2 Å². The van der Waals surface area contributed by atoms with Crippen molar-refractivity contribution in [3.05, 3.63) is 24.2 Å². The first-order valence-corrected chi connectivity index (χ1v) is 6.77. The third kappa shape index (κ3) is 3.92. The molecule has 0 aromatic carbocycles. The summed E-state index contributed by atoms with van der Waals surface area (Å²) in [6, 6.07) is 2.88. The fourth-order valence-electron chi connectivity index (χ4n) is 2.29. The van der Waals surface area contributed by atoms with Crippen molar-refractivity contribution >= 4 is 23.9 Å². The van der Waals surface area contributed by atoms with Gasteiger partial charge >= 0.3 is 23.9 Å². The molecule has 1 aromatic heterocycles. The minimum absolute atomic E-state index is 0.0246. The molecule has 0 atom stereocenters. The van der Waals surface area contributed by atoms with Gasteiger partial charge in [0, 0.05) is 0 Å². The van der Waals surface area contributed by atoms with Crippen LogP contribution in [0.15, 0.2) is 22.8 Å². The van der Waals surface area contributed by atoms with Gasteiger partial charge in [-0.1, -0.05) is 0 Å². The van der Waals surface area contributed by atoms with Gasteiger partial charge in [-0.2, -0.15) is 0 Å². The summed E-state index contributed by atoms with van der Waals surface area (Å²) >= 11 is 0. The molecule has 0 amide bonds. The molecular weight excluding hydrogens is 324 g/mol. The van der Waals surface area contributed by atoms with E-state index >= 15 is 0 Å². The van der Waals surface area contributed by atoms with Crippen LogP contribution >= 0.6 is 0 Å². The Hall–Kier alpha value is -2.84. The summed E-state index contributed by atoms with van der Waals surface area (Å²) in [5.74, 6) is -8.59. The van der Waals surface area contributed by atoms with Crippen LogP contribution < -0.4 is 0 Å². The van der Waals surface area contributed by atoms with Crippen molar-refractivity contribution < 1.29 is 42.5 Å². The molecular formula is C15H18O9. The Morgan fingerprint density at radius 1 is 0.792 bits per heavy atom. The highest BCUT2D eigenvalue weighted by Crippen LogP contribution is 2.36. The van der Waals surface area contributed by atoms with Crippen LogP contribution in [-0.4, -0.2) is 52.3 Å². The summed E-state index contributed by atoms with van der Waals surface area (Å²) < 4.78 is 23.6. The smallest absolute Gasteiger partial charge is 0.320 e. The van der Waals surface area contributed by atoms with Gasteiger partial charge in [0.25, 0.3) is 0 Å². The van der Waals surface area contributed by atoms with Crippen LogP contribution in [0.3, 0.4) is 0 Å². The second-order valence-electron chi connectivity index (χ2n) is 4.59. The van der Waals surface area contributed by atoms with E-state index in [2.05, 4.69) is 18.9 Å². The van der Waals surface area contributed by atoms with Crippen molar-refractivity contribution in [1.82, 2.24) is 0 Å². The lowest BCUT2D eigenvalue weighted by atomic mass is 9.79. The van der Waals surface area contributed by atoms with Gasteiger partial charge in [0.2, 0.25) is 0 Å². The molecule has 0 unspecified atom stereocenters. The van der Waals surface area contributed by atoms with Crippen molar-refractivity contribution in [3.63, 3.8) is 0 Å². The van der Waals surface area contributed by atoms with Crippen LogP contribution in [0.4, 0.5) is 0 Å². The number of esters is 4. The van der Waals surface area contributed by atoms with E-state index in [4.69, 9.17) is 4.42 Å². The monoisotopic (exact) mass is 342 g/mol. The molecule has 0 bridgehead atoms. The number of methoxy groups -OCH3 is 4. The third-order valence-corrected chi connectivity index (χ3v) is 3.41. The van der Waals surface area contributed by atoms with Gasteiger partial charge in [0.05, 0.1) is 40.6 Å². The fourth-order valence-corrected chi connectivity index (χ4v) is 2.29. The summed E-state index contributed by atoms with van der Waals surface area (Å²) in [4.78, 5) is 48.4. The number of carbonyl (C=O) groups excluding carboxylic acids is 4. The van der Waals surface area contributed by atoms with Gasteiger partial charge in [-0.3, -0.25) is 19.2 Å². The summed E-state index contributed by atoms with van der Waals surface area (Å²) in [6.45, 7) is 0. The lowest BCUT2D eigenvalue weighted by Gasteiger charge is -2.26. The number of hydrogen-bond acceptors (Lipinski definition) is 9. The molecule has 1 rings (SSSR count). The number of ether oxygens (including phenoxy) is 4. The van der Waals surface area contributed by atoms with Crippen LogP contribution in [-0.2, 0) is 38.1 Å². The molecule has 0 fully saturated rings. The second-order valence-corrected chi connectivity index (χ2v) is 4.59. The van der Waals surface area contributed by atoms with Crippen LogP contribution in [0, 0.1) is 11.8 Å². The SMILES string of the molecule is COC(=O)C(C(=O)OC)C(c1ccco1)C(C(=O)OC)C(=O)OC. The zero-order valence-corrected chi connectivity index (χ0v) is 13.6. The van der Waals surface area contributed by atoms with Crippen molar-refractivity contribution in [1.29, 1.82) is 0 Å². The minimum Gasteiger partial charge on any atom is -0.469 e. The normalized spacial score (nSPS) is 10.6. The Balaban J connectivity index is 3.52. The van der Waals surface area contributed by atoms with E-state index in [1.807, 2.05) is 0 Å². The molecule has 0 N–H and O–H groups in total. The Morgan fingerprint density at radius 3 is 1.42 bits per heavy atom. The Kier molecular flexibility index (Phi) is 6.97. The van der Waals surface area contributed by atoms with Gasteiger partial charge in [0.15, 0.2) is 11.8 Å². The van der Waals surface area contributed by atoms with Gasteiger partial charge in [-0.25, -0.2) is 0 Å². The molecule has 132 valence electrons. The van der Waals surface area contributed by atoms with E-state index in [0.29, 0.717) is 0 Å². The summed E-state index contributed by atoms with van der Waals surface area (Å²) in [5.41, 5.74) is 0.